The van der Waals surface area contributed by atoms with Crippen LogP contribution in [0.1, 0.15) is 23.4 Å². The molecule has 3 nitrogen and oxygen atoms in total. The summed E-state index contributed by atoms with van der Waals surface area (Å²) in [5.74, 6) is 0. The van der Waals surface area contributed by atoms with Gasteiger partial charge in [-0.3, -0.25) is 4.98 Å². The van der Waals surface area contributed by atoms with Crippen LogP contribution in [0.2, 0.25) is 0 Å². The number of hydrogen-bond donors (Lipinski definition) is 2. The van der Waals surface area contributed by atoms with Crippen molar-refractivity contribution >= 4 is 0 Å². The zero-order valence-electron chi connectivity index (χ0n) is 6.87. The quantitative estimate of drug-likeness (QED) is 0.743. The number of pyridine rings is 1. The van der Waals surface area contributed by atoms with Gasteiger partial charge in [0.25, 0.3) is 6.43 Å². The van der Waals surface area contributed by atoms with E-state index in [0.717, 1.165) is 0 Å². The summed E-state index contributed by atoms with van der Waals surface area (Å²) in [7, 11) is 0. The highest BCUT2D eigenvalue weighted by Crippen LogP contribution is 2.18. The first-order valence-corrected chi connectivity index (χ1v) is 3.76. The molecule has 0 unspecified atom stereocenters. The normalized spacial score (nSPS) is 10.8. The highest BCUT2D eigenvalue weighted by atomic mass is 19.3. The summed E-state index contributed by atoms with van der Waals surface area (Å²) in [5.41, 5.74) is 5.68. The molecule has 0 aliphatic heterocycles. The molecule has 0 spiro atoms. The molecular formula is C8H10F2N2O. The number of aromatic nitrogens is 1. The van der Waals surface area contributed by atoms with Crippen molar-refractivity contribution < 1.29 is 13.9 Å². The number of nitrogens with zero attached hydrogens (tertiary/aromatic N) is 1. The topological polar surface area (TPSA) is 59.1 Å². The number of rotatable bonds is 3. The molecule has 1 aromatic rings. The van der Waals surface area contributed by atoms with Gasteiger partial charge in [-0.15, -0.1) is 0 Å². The Hall–Kier alpha value is -1.07. The van der Waals surface area contributed by atoms with E-state index in [0.29, 0.717) is 11.3 Å². The van der Waals surface area contributed by atoms with Gasteiger partial charge in [0.15, 0.2) is 0 Å². The van der Waals surface area contributed by atoms with Crippen molar-refractivity contribution in [3.8, 4) is 0 Å². The van der Waals surface area contributed by atoms with Crippen molar-refractivity contribution in [2.24, 2.45) is 5.73 Å². The van der Waals surface area contributed by atoms with Crippen molar-refractivity contribution in [3.05, 3.63) is 29.1 Å². The first-order chi connectivity index (χ1) is 6.17. The van der Waals surface area contributed by atoms with E-state index in [1.807, 2.05) is 0 Å². The van der Waals surface area contributed by atoms with Crippen molar-refractivity contribution in [1.82, 2.24) is 4.98 Å². The number of hydrogen-bond acceptors (Lipinski definition) is 3. The maximum absolute atomic E-state index is 12.2. The van der Waals surface area contributed by atoms with Gasteiger partial charge < -0.3 is 10.8 Å². The second-order valence-corrected chi connectivity index (χ2v) is 2.55. The van der Waals surface area contributed by atoms with Gasteiger partial charge in [0.2, 0.25) is 0 Å². The van der Waals surface area contributed by atoms with E-state index < -0.39 is 6.43 Å². The van der Waals surface area contributed by atoms with E-state index in [-0.39, 0.29) is 18.8 Å². The Bertz CT molecular complexity index is 269. The van der Waals surface area contributed by atoms with Gasteiger partial charge in [-0.2, -0.15) is 0 Å². The molecule has 1 rings (SSSR count). The first kappa shape index (κ1) is 10.0. The van der Waals surface area contributed by atoms with Gasteiger partial charge in [0.05, 0.1) is 12.3 Å². The zero-order chi connectivity index (χ0) is 9.84. The Balaban J connectivity index is 3.07. The fraction of sp³-hybridized carbons (Fsp3) is 0.375. The molecule has 0 aliphatic carbocycles. The van der Waals surface area contributed by atoms with Gasteiger partial charge in [-0.05, 0) is 17.7 Å². The summed E-state index contributed by atoms with van der Waals surface area (Å²) in [6.07, 6.45) is -2.63. The summed E-state index contributed by atoms with van der Waals surface area (Å²) in [6.45, 7) is -0.192. The molecule has 0 radical (unpaired) electrons. The van der Waals surface area contributed by atoms with Crippen molar-refractivity contribution in [1.29, 1.82) is 0 Å². The van der Waals surface area contributed by atoms with E-state index in [4.69, 9.17) is 10.8 Å². The number of halogens is 2. The van der Waals surface area contributed by atoms with Crippen molar-refractivity contribution in [3.63, 3.8) is 0 Å². The minimum absolute atomic E-state index is 0.0908. The van der Waals surface area contributed by atoms with Gasteiger partial charge in [0.1, 0.15) is 5.69 Å². The molecule has 72 valence electrons. The van der Waals surface area contributed by atoms with Crippen LogP contribution in [0.25, 0.3) is 0 Å². The van der Waals surface area contributed by atoms with Crippen LogP contribution >= 0.6 is 0 Å². The highest BCUT2D eigenvalue weighted by molar-refractivity contribution is 5.21. The number of alkyl halides is 2. The smallest absolute Gasteiger partial charge is 0.280 e. The van der Waals surface area contributed by atoms with Gasteiger partial charge in [-0.25, -0.2) is 8.78 Å². The Morgan fingerprint density at radius 3 is 2.62 bits per heavy atom. The maximum Gasteiger partial charge on any atom is 0.280 e. The minimum Gasteiger partial charge on any atom is -0.392 e. The molecule has 0 amide bonds. The predicted octanol–water partition coefficient (Wildman–Crippen LogP) is 0.970. The molecule has 0 aliphatic rings. The zero-order valence-corrected chi connectivity index (χ0v) is 6.87. The van der Waals surface area contributed by atoms with E-state index >= 15 is 0 Å². The predicted molar refractivity (Wildman–Crippen MR) is 43.0 cm³/mol. The van der Waals surface area contributed by atoms with E-state index in [1.54, 1.807) is 0 Å². The van der Waals surface area contributed by atoms with Crippen LogP contribution in [-0.4, -0.2) is 10.1 Å². The molecule has 13 heavy (non-hydrogen) atoms. The Morgan fingerprint density at radius 1 is 1.46 bits per heavy atom. The Kier molecular flexibility index (Phi) is 3.27. The molecule has 0 saturated carbocycles. The summed E-state index contributed by atoms with van der Waals surface area (Å²) in [4.78, 5) is 3.61. The van der Waals surface area contributed by atoms with Gasteiger partial charge in [0, 0.05) is 6.54 Å². The molecule has 3 N–H and O–H groups in total. The monoisotopic (exact) mass is 188 g/mol. The minimum atomic E-state index is -2.63. The van der Waals surface area contributed by atoms with Crippen LogP contribution in [0, 0.1) is 0 Å². The number of aliphatic hydroxyl groups is 1. The van der Waals surface area contributed by atoms with E-state index in [2.05, 4.69) is 4.98 Å². The van der Waals surface area contributed by atoms with Crippen LogP contribution in [0.15, 0.2) is 12.1 Å². The van der Waals surface area contributed by atoms with E-state index in [1.165, 1.54) is 12.1 Å². The SMILES string of the molecule is NCc1cc(CO)cc(C(F)F)n1. The Labute approximate surface area is 74.2 Å². The lowest BCUT2D eigenvalue weighted by atomic mass is 10.2. The van der Waals surface area contributed by atoms with Gasteiger partial charge >= 0.3 is 0 Å². The molecule has 1 aromatic heterocycles. The molecule has 1 heterocycles. The lowest BCUT2D eigenvalue weighted by molar-refractivity contribution is 0.145. The third kappa shape index (κ3) is 2.43. The number of aliphatic hydroxyl groups excluding tert-OH is 1. The number of nitrogens with two attached hydrogens (primary N) is 1. The highest BCUT2D eigenvalue weighted by Gasteiger charge is 2.10. The lowest BCUT2D eigenvalue weighted by Crippen LogP contribution is -2.04. The second kappa shape index (κ2) is 4.25. The molecule has 0 fully saturated rings. The van der Waals surface area contributed by atoms with Crippen LogP contribution < -0.4 is 5.73 Å². The van der Waals surface area contributed by atoms with Crippen molar-refractivity contribution in [2.45, 2.75) is 19.6 Å². The summed E-state index contributed by atoms with van der Waals surface area (Å²) >= 11 is 0. The molecule has 0 saturated heterocycles. The molecule has 0 atom stereocenters. The van der Waals surface area contributed by atoms with E-state index in [9.17, 15) is 8.78 Å². The fourth-order valence-corrected chi connectivity index (χ4v) is 0.984. The third-order valence-electron chi connectivity index (χ3n) is 1.57. The average Bonchev–Trinajstić information content (AvgIpc) is 2.16. The first-order valence-electron chi connectivity index (χ1n) is 3.76. The second-order valence-electron chi connectivity index (χ2n) is 2.55. The summed E-state index contributed by atoms with van der Waals surface area (Å²) in [5, 5.41) is 8.75. The third-order valence-corrected chi connectivity index (χ3v) is 1.57. The average molecular weight is 188 g/mol. The Morgan fingerprint density at radius 2 is 2.15 bits per heavy atom. The van der Waals surface area contributed by atoms with Crippen LogP contribution in [0.5, 0.6) is 0 Å². The van der Waals surface area contributed by atoms with Crippen LogP contribution in [-0.2, 0) is 13.2 Å². The van der Waals surface area contributed by atoms with Gasteiger partial charge in [-0.1, -0.05) is 0 Å². The molecule has 5 heteroatoms. The maximum atomic E-state index is 12.2. The summed E-state index contributed by atoms with van der Waals surface area (Å²) in [6, 6.07) is 2.68. The largest absolute Gasteiger partial charge is 0.392 e. The fourth-order valence-electron chi connectivity index (χ4n) is 0.984. The van der Waals surface area contributed by atoms with Crippen LogP contribution in [0.4, 0.5) is 8.78 Å². The molecular weight excluding hydrogens is 178 g/mol. The lowest BCUT2D eigenvalue weighted by Gasteiger charge is -2.04. The molecule has 0 aromatic carbocycles. The molecule has 0 bridgehead atoms. The standard InChI is InChI=1S/C8H10F2N2O/c9-8(10)7-2-5(4-13)1-6(3-11)12-7/h1-2,8,13H,3-4,11H2. The van der Waals surface area contributed by atoms with Crippen LogP contribution in [0.3, 0.4) is 0 Å². The summed E-state index contributed by atoms with van der Waals surface area (Å²) < 4.78 is 24.4. The van der Waals surface area contributed by atoms with Crippen molar-refractivity contribution in [2.75, 3.05) is 0 Å².